The second kappa shape index (κ2) is 11.2. The second-order valence-electron chi connectivity index (χ2n) is 6.12. The number of benzene rings is 3. The Bertz CT molecular complexity index is 986. The smallest absolute Gasteiger partial charge is 0.143 e. The SMILES string of the molecule is Clc1ccc(CO/N=C/c2ccccc2/C=N/OCc2ccc(Cl)cc2Cl)c(Cl)c1. The Morgan fingerprint density at radius 3 is 1.47 bits per heavy atom. The summed E-state index contributed by atoms with van der Waals surface area (Å²) in [6, 6.07) is 18.0. The maximum atomic E-state index is 6.12. The summed E-state index contributed by atoms with van der Waals surface area (Å²) in [6.45, 7) is 0.460. The van der Waals surface area contributed by atoms with Crippen LogP contribution in [0.25, 0.3) is 0 Å². The van der Waals surface area contributed by atoms with Crippen LogP contribution in [0.5, 0.6) is 0 Å². The lowest BCUT2D eigenvalue weighted by Gasteiger charge is -2.04. The molecule has 0 radical (unpaired) electrons. The van der Waals surface area contributed by atoms with Crippen molar-refractivity contribution in [1.29, 1.82) is 0 Å². The van der Waals surface area contributed by atoms with Crippen LogP contribution in [0, 0.1) is 0 Å². The molecule has 4 nitrogen and oxygen atoms in total. The van der Waals surface area contributed by atoms with Gasteiger partial charge >= 0.3 is 0 Å². The molecule has 3 rings (SSSR count). The number of oxime groups is 2. The van der Waals surface area contributed by atoms with Gasteiger partial charge in [-0.2, -0.15) is 0 Å². The molecule has 0 amide bonds. The summed E-state index contributed by atoms with van der Waals surface area (Å²) >= 11 is 24.0. The van der Waals surface area contributed by atoms with Crippen molar-refractivity contribution in [2.24, 2.45) is 10.3 Å². The van der Waals surface area contributed by atoms with E-state index in [0.29, 0.717) is 20.1 Å². The van der Waals surface area contributed by atoms with E-state index in [4.69, 9.17) is 56.1 Å². The van der Waals surface area contributed by atoms with Gasteiger partial charge in [-0.25, -0.2) is 0 Å². The predicted molar refractivity (Wildman–Crippen MR) is 124 cm³/mol. The molecule has 0 unspecified atom stereocenters. The molecule has 0 aromatic heterocycles. The largest absolute Gasteiger partial charge is 0.391 e. The molecular weight excluding hydrogens is 466 g/mol. The van der Waals surface area contributed by atoms with Crippen LogP contribution in [0.2, 0.25) is 20.1 Å². The fourth-order valence-electron chi connectivity index (χ4n) is 2.43. The summed E-state index contributed by atoms with van der Waals surface area (Å²) in [5.41, 5.74) is 3.22. The summed E-state index contributed by atoms with van der Waals surface area (Å²) in [5.74, 6) is 0. The van der Waals surface area contributed by atoms with Crippen LogP contribution in [0.4, 0.5) is 0 Å². The van der Waals surface area contributed by atoms with Crippen molar-refractivity contribution in [2.75, 3.05) is 0 Å². The highest BCUT2D eigenvalue weighted by molar-refractivity contribution is 6.35. The van der Waals surface area contributed by atoms with E-state index in [1.165, 1.54) is 0 Å². The molecule has 0 bridgehead atoms. The van der Waals surface area contributed by atoms with E-state index >= 15 is 0 Å². The molecule has 0 spiro atoms. The van der Waals surface area contributed by atoms with Gasteiger partial charge in [-0.1, -0.05) is 93.1 Å². The quantitative estimate of drug-likeness (QED) is 0.248. The van der Waals surface area contributed by atoms with Crippen molar-refractivity contribution < 1.29 is 9.68 Å². The Morgan fingerprint density at radius 2 is 1.07 bits per heavy atom. The minimum atomic E-state index is 0.230. The molecule has 0 saturated carbocycles. The van der Waals surface area contributed by atoms with Crippen LogP contribution in [0.15, 0.2) is 71.0 Å². The molecule has 0 aliphatic carbocycles. The Kier molecular flexibility index (Phi) is 8.40. The first-order valence-corrected chi connectivity index (χ1v) is 10.3. The van der Waals surface area contributed by atoms with E-state index in [1.54, 1.807) is 48.8 Å². The van der Waals surface area contributed by atoms with Gasteiger partial charge in [-0.3, -0.25) is 0 Å². The van der Waals surface area contributed by atoms with Gasteiger partial charge in [0.05, 0.1) is 12.4 Å². The first-order chi connectivity index (χ1) is 14.5. The highest BCUT2D eigenvalue weighted by Crippen LogP contribution is 2.22. The van der Waals surface area contributed by atoms with Gasteiger partial charge in [0, 0.05) is 42.3 Å². The summed E-state index contributed by atoms with van der Waals surface area (Å²) in [4.78, 5) is 10.7. The monoisotopic (exact) mass is 480 g/mol. The Morgan fingerprint density at radius 1 is 0.633 bits per heavy atom. The minimum Gasteiger partial charge on any atom is -0.391 e. The highest BCUT2D eigenvalue weighted by Gasteiger charge is 2.03. The van der Waals surface area contributed by atoms with Crippen molar-refractivity contribution in [2.45, 2.75) is 13.2 Å². The maximum absolute atomic E-state index is 6.12. The average molecular weight is 482 g/mol. The van der Waals surface area contributed by atoms with Crippen molar-refractivity contribution in [1.82, 2.24) is 0 Å². The van der Waals surface area contributed by atoms with E-state index in [9.17, 15) is 0 Å². The summed E-state index contributed by atoms with van der Waals surface area (Å²) in [5, 5.41) is 10.2. The van der Waals surface area contributed by atoms with Crippen molar-refractivity contribution in [3.05, 3.63) is 103 Å². The first-order valence-electron chi connectivity index (χ1n) is 8.80. The zero-order valence-corrected chi connectivity index (χ0v) is 18.6. The van der Waals surface area contributed by atoms with Gasteiger partial charge in [-0.05, 0) is 24.3 Å². The molecule has 0 aliphatic heterocycles. The van der Waals surface area contributed by atoms with Gasteiger partial charge in [0.25, 0.3) is 0 Å². The highest BCUT2D eigenvalue weighted by atomic mass is 35.5. The lowest BCUT2D eigenvalue weighted by Crippen LogP contribution is -1.94. The third-order valence-electron chi connectivity index (χ3n) is 4.00. The van der Waals surface area contributed by atoms with E-state index < -0.39 is 0 Å². The number of halogens is 4. The van der Waals surface area contributed by atoms with E-state index in [0.717, 1.165) is 22.3 Å². The lowest BCUT2D eigenvalue weighted by atomic mass is 10.1. The zero-order chi connectivity index (χ0) is 21.3. The van der Waals surface area contributed by atoms with Gasteiger partial charge < -0.3 is 9.68 Å². The molecular formula is C22H16Cl4N2O2. The Labute approximate surface area is 194 Å². The molecule has 3 aromatic carbocycles. The van der Waals surface area contributed by atoms with Gasteiger partial charge in [0.15, 0.2) is 0 Å². The fourth-order valence-corrected chi connectivity index (χ4v) is 3.35. The third-order valence-corrected chi connectivity index (χ3v) is 5.17. The minimum absolute atomic E-state index is 0.230. The molecule has 8 heteroatoms. The summed E-state index contributed by atoms with van der Waals surface area (Å²) in [6.07, 6.45) is 3.20. The molecule has 0 aliphatic rings. The van der Waals surface area contributed by atoms with Crippen LogP contribution in [0.1, 0.15) is 22.3 Å². The van der Waals surface area contributed by atoms with Gasteiger partial charge in [0.2, 0.25) is 0 Å². The van der Waals surface area contributed by atoms with E-state index in [2.05, 4.69) is 10.3 Å². The zero-order valence-electron chi connectivity index (χ0n) is 15.6. The van der Waals surface area contributed by atoms with Crippen LogP contribution >= 0.6 is 46.4 Å². The topological polar surface area (TPSA) is 43.2 Å². The summed E-state index contributed by atoms with van der Waals surface area (Å²) < 4.78 is 0. The molecule has 0 heterocycles. The van der Waals surface area contributed by atoms with Crippen LogP contribution in [-0.2, 0) is 22.9 Å². The third kappa shape index (κ3) is 6.64. The van der Waals surface area contributed by atoms with Crippen molar-refractivity contribution in [3.63, 3.8) is 0 Å². The Balaban J connectivity index is 1.57. The number of hydrogen-bond acceptors (Lipinski definition) is 4. The number of rotatable bonds is 8. The molecule has 0 atom stereocenters. The molecule has 0 fully saturated rings. The van der Waals surface area contributed by atoms with Crippen LogP contribution in [-0.4, -0.2) is 12.4 Å². The molecule has 0 N–H and O–H groups in total. The fraction of sp³-hybridized carbons (Fsp3) is 0.0909. The number of hydrogen-bond donors (Lipinski definition) is 0. The van der Waals surface area contributed by atoms with Crippen LogP contribution < -0.4 is 0 Å². The lowest BCUT2D eigenvalue weighted by molar-refractivity contribution is 0.132. The van der Waals surface area contributed by atoms with Crippen LogP contribution in [0.3, 0.4) is 0 Å². The molecule has 30 heavy (non-hydrogen) atoms. The van der Waals surface area contributed by atoms with Gasteiger partial charge in [-0.15, -0.1) is 0 Å². The average Bonchev–Trinajstić information content (AvgIpc) is 2.72. The first kappa shape index (κ1) is 22.4. The molecule has 154 valence electrons. The molecule has 3 aromatic rings. The van der Waals surface area contributed by atoms with Crippen molar-refractivity contribution >= 4 is 58.8 Å². The van der Waals surface area contributed by atoms with E-state index in [-0.39, 0.29) is 13.2 Å². The number of nitrogens with zero attached hydrogens (tertiary/aromatic N) is 2. The standard InChI is InChI=1S/C22H16Cl4N2O2/c23-19-7-5-17(21(25)9-19)13-29-27-11-15-3-1-2-4-16(15)12-28-30-14-18-6-8-20(24)10-22(18)26/h1-12H,13-14H2/b27-11+,28-12+. The van der Waals surface area contributed by atoms with Gasteiger partial charge in [0.1, 0.15) is 13.2 Å². The molecule has 0 saturated heterocycles. The maximum Gasteiger partial charge on any atom is 0.143 e. The van der Waals surface area contributed by atoms with Crippen molar-refractivity contribution in [3.8, 4) is 0 Å². The normalized spacial score (nSPS) is 11.3. The van der Waals surface area contributed by atoms with E-state index in [1.807, 2.05) is 24.3 Å². The second-order valence-corrected chi connectivity index (χ2v) is 7.80. The Hall–Kier alpha value is -2.24. The predicted octanol–water partition coefficient (Wildman–Crippen LogP) is 7.40. The summed E-state index contributed by atoms with van der Waals surface area (Å²) in [7, 11) is 0.